The smallest absolute Gasteiger partial charge is 0.0172 e. The maximum Gasteiger partial charge on any atom is 0.0172 e. The van der Waals surface area contributed by atoms with E-state index in [1.54, 1.807) is 0 Å². The van der Waals surface area contributed by atoms with E-state index in [1.807, 2.05) is 0 Å². The number of rotatable bonds is 9. The van der Waals surface area contributed by atoms with Crippen LogP contribution in [-0.4, -0.2) is 48.6 Å². The molecule has 0 radical (unpaired) electrons. The summed E-state index contributed by atoms with van der Waals surface area (Å²) in [5, 5.41) is 4.55. The highest BCUT2D eigenvalue weighted by Gasteiger charge is 2.28. The molecule has 0 aromatic heterocycles. The van der Waals surface area contributed by atoms with Gasteiger partial charge in [0.15, 0.2) is 0 Å². The van der Waals surface area contributed by atoms with Gasteiger partial charge in [-0.05, 0) is 30.7 Å². The summed E-state index contributed by atoms with van der Waals surface area (Å²) in [5.41, 5.74) is 0.434. The number of hydrogen-bond donors (Lipinski definition) is 1. The molecule has 0 aromatic carbocycles. The van der Waals surface area contributed by atoms with Gasteiger partial charge in [0.05, 0.1) is 0 Å². The van der Waals surface area contributed by atoms with Crippen LogP contribution >= 0.6 is 11.8 Å². The van der Waals surface area contributed by atoms with Gasteiger partial charge in [-0.2, -0.15) is 11.8 Å². The Morgan fingerprint density at radius 3 is 2.70 bits per heavy atom. The minimum atomic E-state index is 0.434. The molecule has 2 unspecified atom stereocenters. The first-order valence-electron chi connectivity index (χ1n) is 8.53. The molecule has 1 heterocycles. The molecule has 1 fully saturated rings. The van der Waals surface area contributed by atoms with Gasteiger partial charge in [-0.3, -0.25) is 0 Å². The Morgan fingerprint density at radius 1 is 1.35 bits per heavy atom. The van der Waals surface area contributed by atoms with E-state index in [9.17, 15) is 0 Å². The first-order chi connectivity index (χ1) is 9.49. The quantitative estimate of drug-likeness (QED) is 0.696. The summed E-state index contributed by atoms with van der Waals surface area (Å²) in [6, 6.07) is 0. The second kappa shape index (κ2) is 9.32. The van der Waals surface area contributed by atoms with Crippen LogP contribution in [0.2, 0.25) is 0 Å². The molecule has 120 valence electrons. The Balaban J connectivity index is 2.47. The lowest BCUT2D eigenvalue weighted by Gasteiger charge is -2.39. The fraction of sp³-hybridized carbons (Fsp3) is 1.00. The summed E-state index contributed by atoms with van der Waals surface area (Å²) in [4.78, 5) is 2.72. The molecular weight excluding hydrogens is 264 g/mol. The van der Waals surface area contributed by atoms with Crippen molar-refractivity contribution in [3.63, 3.8) is 0 Å². The number of hydrogen-bond acceptors (Lipinski definition) is 3. The molecular formula is C17H36N2S. The lowest BCUT2D eigenvalue weighted by atomic mass is 9.84. The number of nitrogens with one attached hydrogen (secondary N) is 1. The van der Waals surface area contributed by atoms with Crippen molar-refractivity contribution >= 4 is 11.8 Å². The zero-order chi connectivity index (χ0) is 15.0. The van der Waals surface area contributed by atoms with Crippen molar-refractivity contribution in [1.82, 2.24) is 10.2 Å². The molecule has 1 saturated heterocycles. The Labute approximate surface area is 131 Å². The zero-order valence-corrected chi connectivity index (χ0v) is 15.2. The van der Waals surface area contributed by atoms with E-state index in [-0.39, 0.29) is 0 Å². The lowest BCUT2D eigenvalue weighted by molar-refractivity contribution is 0.151. The second-order valence-electron chi connectivity index (χ2n) is 7.22. The standard InChI is InChI=1S/C17H36N2S/c1-6-8-17(5,13-18-11-15(3)4)14-19-9-10-20-16(7-2)12-19/h15-16,18H,6-14H2,1-5H3. The molecule has 0 amide bonds. The Hall–Kier alpha value is 0.270. The Kier molecular flexibility index (Phi) is 8.54. The highest BCUT2D eigenvalue weighted by molar-refractivity contribution is 8.00. The first kappa shape index (κ1) is 18.3. The van der Waals surface area contributed by atoms with Gasteiger partial charge in [0.25, 0.3) is 0 Å². The predicted octanol–water partition coefficient (Wildman–Crippen LogP) is 3.87. The van der Waals surface area contributed by atoms with Crippen LogP contribution in [0.1, 0.15) is 53.9 Å². The van der Waals surface area contributed by atoms with Gasteiger partial charge in [0, 0.05) is 37.2 Å². The van der Waals surface area contributed by atoms with Crippen LogP contribution < -0.4 is 5.32 Å². The molecule has 0 bridgehead atoms. The van der Waals surface area contributed by atoms with Crippen LogP contribution in [0.15, 0.2) is 0 Å². The SMILES string of the molecule is CCCC(C)(CNCC(C)C)CN1CCSC(CC)C1. The van der Waals surface area contributed by atoms with Gasteiger partial charge in [-0.1, -0.05) is 41.0 Å². The third kappa shape index (κ3) is 6.82. The molecule has 1 N–H and O–H groups in total. The van der Waals surface area contributed by atoms with Crippen LogP contribution in [0.25, 0.3) is 0 Å². The molecule has 0 aliphatic carbocycles. The highest BCUT2D eigenvalue weighted by Crippen LogP contribution is 2.28. The van der Waals surface area contributed by atoms with Crippen LogP contribution in [0, 0.1) is 11.3 Å². The largest absolute Gasteiger partial charge is 0.316 e. The molecule has 0 spiro atoms. The molecule has 0 saturated carbocycles. The average molecular weight is 301 g/mol. The van der Waals surface area contributed by atoms with E-state index in [0.29, 0.717) is 5.41 Å². The maximum absolute atomic E-state index is 3.69. The summed E-state index contributed by atoms with van der Waals surface area (Å²) in [5.74, 6) is 2.07. The lowest BCUT2D eigenvalue weighted by Crippen LogP contribution is -2.47. The Morgan fingerprint density at radius 2 is 2.10 bits per heavy atom. The van der Waals surface area contributed by atoms with Crippen molar-refractivity contribution in [3.8, 4) is 0 Å². The predicted molar refractivity (Wildman–Crippen MR) is 93.7 cm³/mol. The molecule has 1 aliphatic rings. The van der Waals surface area contributed by atoms with Crippen molar-refractivity contribution in [1.29, 1.82) is 0 Å². The maximum atomic E-state index is 3.69. The van der Waals surface area contributed by atoms with Crippen molar-refractivity contribution in [3.05, 3.63) is 0 Å². The monoisotopic (exact) mass is 300 g/mol. The summed E-state index contributed by atoms with van der Waals surface area (Å²) in [7, 11) is 0. The van der Waals surface area contributed by atoms with Crippen molar-refractivity contribution < 1.29 is 0 Å². The average Bonchev–Trinajstić information content (AvgIpc) is 2.38. The third-order valence-corrected chi connectivity index (χ3v) is 5.61. The van der Waals surface area contributed by atoms with E-state index in [4.69, 9.17) is 0 Å². The topological polar surface area (TPSA) is 15.3 Å². The van der Waals surface area contributed by atoms with Gasteiger partial charge >= 0.3 is 0 Å². The summed E-state index contributed by atoms with van der Waals surface area (Å²) in [6.45, 7) is 17.9. The fourth-order valence-electron chi connectivity index (χ4n) is 3.20. The van der Waals surface area contributed by atoms with Crippen LogP contribution in [0.5, 0.6) is 0 Å². The number of thioether (sulfide) groups is 1. The van der Waals surface area contributed by atoms with Crippen molar-refractivity contribution in [2.24, 2.45) is 11.3 Å². The molecule has 20 heavy (non-hydrogen) atoms. The molecule has 1 rings (SSSR count). The van der Waals surface area contributed by atoms with Crippen molar-refractivity contribution in [2.75, 3.05) is 38.5 Å². The van der Waals surface area contributed by atoms with Gasteiger partial charge in [-0.25, -0.2) is 0 Å². The van der Waals surface area contributed by atoms with Crippen LogP contribution in [-0.2, 0) is 0 Å². The van der Waals surface area contributed by atoms with E-state index in [1.165, 1.54) is 51.2 Å². The van der Waals surface area contributed by atoms with Crippen molar-refractivity contribution in [2.45, 2.75) is 59.1 Å². The molecule has 3 heteroatoms. The second-order valence-corrected chi connectivity index (χ2v) is 8.63. The molecule has 2 nitrogen and oxygen atoms in total. The highest BCUT2D eigenvalue weighted by atomic mass is 32.2. The third-order valence-electron chi connectivity index (χ3n) is 4.24. The normalized spacial score (nSPS) is 24.0. The molecule has 0 aromatic rings. The molecule has 1 aliphatic heterocycles. The Bertz CT molecular complexity index is 257. The van der Waals surface area contributed by atoms with E-state index in [0.717, 1.165) is 17.7 Å². The zero-order valence-electron chi connectivity index (χ0n) is 14.4. The summed E-state index contributed by atoms with van der Waals surface area (Å²) < 4.78 is 0. The van der Waals surface area contributed by atoms with E-state index >= 15 is 0 Å². The minimum absolute atomic E-state index is 0.434. The fourth-order valence-corrected chi connectivity index (χ4v) is 4.45. The van der Waals surface area contributed by atoms with Gasteiger partial charge in [0.2, 0.25) is 0 Å². The van der Waals surface area contributed by atoms with Crippen LogP contribution in [0.4, 0.5) is 0 Å². The first-order valence-corrected chi connectivity index (χ1v) is 9.58. The van der Waals surface area contributed by atoms with Crippen LogP contribution in [0.3, 0.4) is 0 Å². The number of nitrogens with zero attached hydrogens (tertiary/aromatic N) is 1. The van der Waals surface area contributed by atoms with Gasteiger partial charge in [0.1, 0.15) is 0 Å². The van der Waals surface area contributed by atoms with E-state index < -0.39 is 0 Å². The molecule has 2 atom stereocenters. The van der Waals surface area contributed by atoms with E-state index in [2.05, 4.69) is 56.6 Å². The van der Waals surface area contributed by atoms with Gasteiger partial charge in [-0.15, -0.1) is 0 Å². The summed E-state index contributed by atoms with van der Waals surface area (Å²) >= 11 is 2.17. The minimum Gasteiger partial charge on any atom is -0.316 e. The summed E-state index contributed by atoms with van der Waals surface area (Å²) in [6.07, 6.45) is 3.94. The van der Waals surface area contributed by atoms with Gasteiger partial charge < -0.3 is 10.2 Å².